The van der Waals surface area contributed by atoms with E-state index in [0.717, 1.165) is 0 Å². The van der Waals surface area contributed by atoms with E-state index >= 15 is 0 Å². The molecule has 0 radical (unpaired) electrons. The van der Waals surface area contributed by atoms with Crippen molar-refractivity contribution in [2.24, 2.45) is 0 Å². The number of anilines is 2. The summed E-state index contributed by atoms with van der Waals surface area (Å²) in [6.45, 7) is 0. The summed E-state index contributed by atoms with van der Waals surface area (Å²) in [5.41, 5.74) is 10.2. The highest BCUT2D eigenvalue weighted by Crippen LogP contribution is 2.35. The lowest BCUT2D eigenvalue weighted by molar-refractivity contribution is 0.102. The van der Waals surface area contributed by atoms with Gasteiger partial charge < -0.3 is 20.5 Å². The molecule has 8 nitrogen and oxygen atoms in total. The Labute approximate surface area is 199 Å². The zero-order chi connectivity index (χ0) is 23.8. The zero-order valence-electron chi connectivity index (χ0n) is 18.4. The summed E-state index contributed by atoms with van der Waals surface area (Å²) in [5, 5.41) is 3.44. The maximum absolute atomic E-state index is 13.4. The van der Waals surface area contributed by atoms with Crippen LogP contribution >= 0.6 is 11.6 Å². The summed E-state index contributed by atoms with van der Waals surface area (Å²) >= 11 is 5.97. The molecule has 9 heteroatoms. The molecule has 0 fully saturated rings. The predicted molar refractivity (Wildman–Crippen MR) is 133 cm³/mol. The Morgan fingerprint density at radius 2 is 1.62 bits per heavy atom. The van der Waals surface area contributed by atoms with Gasteiger partial charge in [0.2, 0.25) is 0 Å². The average Bonchev–Trinajstić information content (AvgIpc) is 3.14. The minimum Gasteiger partial charge on any atom is -0.493 e. The molecular formula is C25H20ClN5O3. The molecule has 34 heavy (non-hydrogen) atoms. The summed E-state index contributed by atoms with van der Waals surface area (Å²) in [6.07, 6.45) is 0. The molecule has 1 amide bonds. The van der Waals surface area contributed by atoms with Crippen molar-refractivity contribution in [3.05, 3.63) is 77.3 Å². The van der Waals surface area contributed by atoms with Gasteiger partial charge in [-0.05, 0) is 48.5 Å². The fraction of sp³-hybridized carbons (Fsp3) is 0.0800. The highest BCUT2D eigenvalue weighted by Gasteiger charge is 2.25. The Morgan fingerprint density at radius 1 is 0.941 bits per heavy atom. The molecule has 3 aromatic carbocycles. The molecule has 170 valence electrons. The molecule has 2 aromatic heterocycles. The van der Waals surface area contributed by atoms with E-state index in [1.807, 2.05) is 30.3 Å². The maximum atomic E-state index is 13.4. The van der Waals surface area contributed by atoms with Gasteiger partial charge in [0.05, 0.1) is 30.9 Å². The van der Waals surface area contributed by atoms with Crippen LogP contribution in [0.1, 0.15) is 10.4 Å². The van der Waals surface area contributed by atoms with Crippen molar-refractivity contribution >= 4 is 51.2 Å². The van der Waals surface area contributed by atoms with Crippen molar-refractivity contribution in [2.75, 3.05) is 25.3 Å². The van der Waals surface area contributed by atoms with Crippen LogP contribution in [0.15, 0.2) is 66.7 Å². The van der Waals surface area contributed by atoms with Crippen LogP contribution in [-0.4, -0.2) is 34.7 Å². The second-order valence-corrected chi connectivity index (χ2v) is 7.92. The summed E-state index contributed by atoms with van der Waals surface area (Å²) in [5.74, 6) is 0.873. The quantitative estimate of drug-likeness (QED) is 0.369. The number of nitrogen functional groups attached to an aromatic ring is 1. The molecule has 0 aliphatic heterocycles. The van der Waals surface area contributed by atoms with Gasteiger partial charge in [0.1, 0.15) is 16.9 Å². The fourth-order valence-corrected chi connectivity index (χ4v) is 3.96. The average molecular weight is 474 g/mol. The smallest absolute Gasteiger partial charge is 0.261 e. The van der Waals surface area contributed by atoms with Crippen LogP contribution < -0.4 is 20.5 Å². The highest BCUT2D eigenvalue weighted by atomic mass is 35.5. The summed E-state index contributed by atoms with van der Waals surface area (Å²) in [7, 11) is 3.12. The van der Waals surface area contributed by atoms with Crippen LogP contribution in [0.3, 0.4) is 0 Å². The summed E-state index contributed by atoms with van der Waals surface area (Å²) in [4.78, 5) is 22.9. The van der Waals surface area contributed by atoms with Crippen molar-refractivity contribution in [1.29, 1.82) is 0 Å². The first-order valence-electron chi connectivity index (χ1n) is 10.4. The molecule has 0 saturated heterocycles. The third-order valence-electron chi connectivity index (χ3n) is 5.45. The van der Waals surface area contributed by atoms with Gasteiger partial charge >= 0.3 is 0 Å². The number of carbonyl (C=O) groups is 1. The van der Waals surface area contributed by atoms with E-state index in [9.17, 15) is 4.79 Å². The van der Waals surface area contributed by atoms with Gasteiger partial charge in [-0.15, -0.1) is 0 Å². The van der Waals surface area contributed by atoms with Crippen molar-refractivity contribution in [3.63, 3.8) is 0 Å². The third-order valence-corrected chi connectivity index (χ3v) is 5.70. The van der Waals surface area contributed by atoms with E-state index in [1.54, 1.807) is 55.2 Å². The molecule has 0 aliphatic rings. The molecule has 0 aliphatic carbocycles. The van der Waals surface area contributed by atoms with Crippen molar-refractivity contribution in [3.8, 4) is 17.2 Å². The Morgan fingerprint density at radius 3 is 2.29 bits per heavy atom. The number of halogens is 1. The number of amides is 1. The van der Waals surface area contributed by atoms with E-state index in [1.165, 1.54) is 0 Å². The molecular weight excluding hydrogens is 454 g/mol. The van der Waals surface area contributed by atoms with E-state index in [2.05, 4.69) is 5.32 Å². The van der Waals surface area contributed by atoms with Crippen molar-refractivity contribution < 1.29 is 14.3 Å². The topological polar surface area (TPSA) is 104 Å². The number of fused-ring (bicyclic) bond motifs is 2. The minimum atomic E-state index is -0.409. The van der Waals surface area contributed by atoms with Gasteiger partial charge in [-0.3, -0.25) is 9.36 Å². The van der Waals surface area contributed by atoms with Crippen molar-refractivity contribution in [1.82, 2.24) is 14.5 Å². The molecule has 3 N–H and O–H groups in total. The summed E-state index contributed by atoms with van der Waals surface area (Å²) in [6, 6.07) is 19.6. The van der Waals surface area contributed by atoms with Gasteiger partial charge in [0.25, 0.3) is 5.91 Å². The van der Waals surface area contributed by atoms with E-state index in [0.29, 0.717) is 50.1 Å². The third kappa shape index (κ3) is 3.64. The van der Waals surface area contributed by atoms with Crippen LogP contribution in [0.5, 0.6) is 11.5 Å². The van der Waals surface area contributed by atoms with Gasteiger partial charge in [0, 0.05) is 16.8 Å². The molecule has 2 heterocycles. The Hall–Kier alpha value is -4.30. The number of nitrogens with zero attached hydrogens (tertiary/aromatic N) is 3. The van der Waals surface area contributed by atoms with E-state index in [4.69, 9.17) is 36.8 Å². The van der Waals surface area contributed by atoms with Gasteiger partial charge in [0.15, 0.2) is 17.1 Å². The lowest BCUT2D eigenvalue weighted by Crippen LogP contribution is -2.14. The van der Waals surface area contributed by atoms with Crippen LogP contribution in [0.2, 0.25) is 5.02 Å². The molecule has 0 bridgehead atoms. The minimum absolute atomic E-state index is 0.198. The number of hydrogen-bond donors (Lipinski definition) is 2. The number of rotatable bonds is 5. The van der Waals surface area contributed by atoms with Crippen molar-refractivity contribution in [2.45, 2.75) is 0 Å². The predicted octanol–water partition coefficient (Wildman–Crippen LogP) is 5.08. The van der Waals surface area contributed by atoms with Gasteiger partial charge in [-0.25, -0.2) is 9.97 Å². The van der Waals surface area contributed by atoms with Gasteiger partial charge in [-0.1, -0.05) is 23.7 Å². The second kappa shape index (κ2) is 8.57. The van der Waals surface area contributed by atoms with E-state index < -0.39 is 5.91 Å². The number of methoxy groups -OCH3 is 2. The number of nitrogens with one attached hydrogen (secondary N) is 1. The van der Waals surface area contributed by atoms with Crippen LogP contribution in [0.4, 0.5) is 11.5 Å². The first-order chi connectivity index (χ1) is 16.5. The second-order valence-electron chi connectivity index (χ2n) is 7.48. The number of ether oxygens (including phenoxy) is 2. The Kier molecular flexibility index (Phi) is 5.43. The molecule has 0 unspecified atom stereocenters. The monoisotopic (exact) mass is 473 g/mol. The standard InChI is InChI=1S/C25H20ClN5O3/c1-33-19-12-11-16(13-20(19)34-2)31-23(27)21(25(32)28-15-9-7-14(26)8-10-15)22-24(31)30-18-6-4-3-5-17(18)29-22/h3-13H,27H2,1-2H3,(H,28,32). The molecule has 5 rings (SSSR count). The summed E-state index contributed by atoms with van der Waals surface area (Å²) < 4.78 is 12.5. The fourth-order valence-electron chi connectivity index (χ4n) is 3.84. The molecule has 0 saturated carbocycles. The largest absolute Gasteiger partial charge is 0.493 e. The molecule has 0 atom stereocenters. The SMILES string of the molecule is COc1ccc(-n2c(N)c(C(=O)Nc3ccc(Cl)cc3)c3nc4ccccc4nc32)cc1OC. The van der Waals surface area contributed by atoms with Crippen LogP contribution in [0, 0.1) is 0 Å². The number of para-hydroxylation sites is 2. The van der Waals surface area contributed by atoms with E-state index in [-0.39, 0.29) is 11.4 Å². The number of carbonyl (C=O) groups excluding carboxylic acids is 1. The number of hydrogen-bond acceptors (Lipinski definition) is 6. The van der Waals surface area contributed by atoms with Gasteiger partial charge in [-0.2, -0.15) is 0 Å². The normalized spacial score (nSPS) is 11.0. The lowest BCUT2D eigenvalue weighted by Gasteiger charge is -2.12. The number of aromatic nitrogens is 3. The first kappa shape index (κ1) is 21.5. The Balaban J connectivity index is 1.74. The lowest BCUT2D eigenvalue weighted by atomic mass is 10.2. The van der Waals surface area contributed by atoms with Crippen LogP contribution in [0.25, 0.3) is 27.9 Å². The molecule has 0 spiro atoms. The first-order valence-corrected chi connectivity index (χ1v) is 10.7. The number of benzene rings is 3. The van der Waals surface area contributed by atoms with Crippen LogP contribution in [-0.2, 0) is 0 Å². The highest BCUT2D eigenvalue weighted by molar-refractivity contribution is 6.30. The maximum Gasteiger partial charge on any atom is 0.261 e. The number of nitrogens with two attached hydrogens (primary N) is 1. The molecule has 5 aromatic rings. The Bertz CT molecular complexity index is 1550. The zero-order valence-corrected chi connectivity index (χ0v) is 19.1.